The van der Waals surface area contributed by atoms with Gasteiger partial charge in [0.05, 0.1) is 30.8 Å². The Balaban J connectivity index is 0.00000162. The minimum Gasteiger partial charge on any atom is -1.00 e. The summed E-state index contributed by atoms with van der Waals surface area (Å²) in [7, 11) is 0. The molecule has 0 aliphatic carbocycles. The highest BCUT2D eigenvalue weighted by Gasteiger charge is 2.43. The molecule has 0 aromatic heterocycles. The van der Waals surface area contributed by atoms with E-state index >= 15 is 0 Å². The third kappa shape index (κ3) is 2.19. The molecule has 4 heteroatoms. The van der Waals surface area contributed by atoms with Gasteiger partial charge in [0.15, 0.2) is 0 Å². The zero-order valence-electron chi connectivity index (χ0n) is 11.1. The maximum Gasteiger partial charge on any atom is 0.343 e. The van der Waals surface area contributed by atoms with Crippen LogP contribution in [0.15, 0.2) is 24.3 Å². The quantitative estimate of drug-likeness (QED) is 0.565. The summed E-state index contributed by atoms with van der Waals surface area (Å²) in [5, 5.41) is 0. The maximum atomic E-state index is 11.8. The number of quaternary nitrogens is 1. The normalized spacial score (nSPS) is 17.9. The van der Waals surface area contributed by atoms with E-state index in [0.29, 0.717) is 0 Å². The van der Waals surface area contributed by atoms with Gasteiger partial charge in [0.1, 0.15) is 0 Å². The average Bonchev–Trinajstić information content (AvgIpc) is 2.72. The number of fused-ring (bicyclic) bond motifs is 1. The molecule has 1 unspecified atom stereocenters. The number of hydrogen-bond acceptors (Lipinski definition) is 2. The number of carbonyl (C=O) groups excluding carboxylic acids is 1. The maximum absolute atomic E-state index is 11.8. The van der Waals surface area contributed by atoms with E-state index in [0.717, 1.165) is 35.2 Å². The van der Waals surface area contributed by atoms with E-state index in [2.05, 4.69) is 20.8 Å². The van der Waals surface area contributed by atoms with Crippen LogP contribution in [-0.4, -0.2) is 30.1 Å². The van der Waals surface area contributed by atoms with E-state index in [9.17, 15) is 4.79 Å². The fraction of sp³-hybridized carbons (Fsp3) is 0.500. The van der Waals surface area contributed by atoms with Gasteiger partial charge < -0.3 is 21.7 Å². The minimum atomic E-state index is -0.177. The molecular formula is C14H20BrNO2. The smallest absolute Gasteiger partial charge is 0.343 e. The number of ether oxygens (including phenoxy) is 1. The number of cyclic esters (lactones) is 1. The van der Waals surface area contributed by atoms with E-state index in [1.165, 1.54) is 0 Å². The van der Waals surface area contributed by atoms with Gasteiger partial charge in [0.25, 0.3) is 6.23 Å². The summed E-state index contributed by atoms with van der Waals surface area (Å²) in [5.41, 5.74) is 1.78. The summed E-state index contributed by atoms with van der Waals surface area (Å²) >= 11 is 0. The molecule has 0 N–H and O–H groups in total. The summed E-state index contributed by atoms with van der Waals surface area (Å²) in [5.74, 6) is -0.177. The van der Waals surface area contributed by atoms with Crippen molar-refractivity contribution in [3.8, 4) is 0 Å². The Morgan fingerprint density at radius 2 is 1.67 bits per heavy atom. The number of rotatable bonds is 4. The molecule has 0 saturated heterocycles. The van der Waals surface area contributed by atoms with Gasteiger partial charge in [-0.2, -0.15) is 0 Å². The summed E-state index contributed by atoms with van der Waals surface area (Å²) < 4.78 is 6.41. The second-order valence-electron chi connectivity index (χ2n) is 4.51. The monoisotopic (exact) mass is 313 g/mol. The average molecular weight is 314 g/mol. The molecule has 0 bridgehead atoms. The first kappa shape index (κ1) is 15.2. The van der Waals surface area contributed by atoms with Gasteiger partial charge in [-0.3, -0.25) is 4.48 Å². The van der Waals surface area contributed by atoms with E-state index < -0.39 is 0 Å². The highest BCUT2D eigenvalue weighted by molar-refractivity contribution is 5.93. The highest BCUT2D eigenvalue weighted by Crippen LogP contribution is 2.37. The molecule has 1 aliphatic rings. The molecule has 1 aromatic rings. The van der Waals surface area contributed by atoms with Crippen LogP contribution in [0.3, 0.4) is 0 Å². The molecular weight excluding hydrogens is 294 g/mol. The van der Waals surface area contributed by atoms with Crippen LogP contribution in [-0.2, 0) is 4.74 Å². The SMILES string of the molecule is CC[N+](CC)(CC)C1OC(=O)c2ccccc21.[Br-]. The number of carbonyl (C=O) groups is 1. The Morgan fingerprint density at radius 1 is 1.11 bits per heavy atom. The molecule has 1 heterocycles. The van der Waals surface area contributed by atoms with Crippen LogP contribution in [0.2, 0.25) is 0 Å². The molecule has 3 nitrogen and oxygen atoms in total. The lowest BCUT2D eigenvalue weighted by atomic mass is 10.1. The molecule has 100 valence electrons. The van der Waals surface area contributed by atoms with Gasteiger partial charge in [0.2, 0.25) is 0 Å². The summed E-state index contributed by atoms with van der Waals surface area (Å²) in [6.45, 7) is 9.38. The second-order valence-corrected chi connectivity index (χ2v) is 4.51. The predicted molar refractivity (Wildman–Crippen MR) is 66.5 cm³/mol. The molecule has 0 amide bonds. The summed E-state index contributed by atoms with van der Waals surface area (Å²) in [6.07, 6.45) is -0.126. The van der Waals surface area contributed by atoms with Crippen LogP contribution >= 0.6 is 0 Å². The Hall–Kier alpha value is -0.870. The van der Waals surface area contributed by atoms with E-state index in [4.69, 9.17) is 4.74 Å². The fourth-order valence-electron chi connectivity index (χ4n) is 2.70. The van der Waals surface area contributed by atoms with E-state index in [1.54, 1.807) is 0 Å². The first-order valence-electron chi connectivity index (χ1n) is 6.34. The molecule has 18 heavy (non-hydrogen) atoms. The largest absolute Gasteiger partial charge is 1.00 e. The van der Waals surface area contributed by atoms with E-state index in [-0.39, 0.29) is 29.2 Å². The minimum absolute atomic E-state index is 0. The van der Waals surface area contributed by atoms with Gasteiger partial charge in [0, 0.05) is 0 Å². The molecule has 2 rings (SSSR count). The molecule has 1 aliphatic heterocycles. The van der Waals surface area contributed by atoms with Crippen molar-refractivity contribution in [1.29, 1.82) is 0 Å². The van der Waals surface area contributed by atoms with Crippen molar-refractivity contribution in [3.05, 3.63) is 35.4 Å². The second kappa shape index (κ2) is 5.85. The summed E-state index contributed by atoms with van der Waals surface area (Å²) in [6, 6.07) is 7.73. The van der Waals surface area contributed by atoms with Crippen molar-refractivity contribution >= 4 is 5.97 Å². The lowest BCUT2D eigenvalue weighted by molar-refractivity contribution is -0.970. The molecule has 0 fully saturated rings. The Labute approximate surface area is 119 Å². The van der Waals surface area contributed by atoms with Crippen LogP contribution in [0.1, 0.15) is 42.9 Å². The van der Waals surface area contributed by atoms with Crippen molar-refractivity contribution in [2.75, 3.05) is 19.6 Å². The van der Waals surface area contributed by atoms with Gasteiger partial charge in [-0.1, -0.05) is 12.1 Å². The van der Waals surface area contributed by atoms with Crippen molar-refractivity contribution in [1.82, 2.24) is 0 Å². The predicted octanol–water partition coefficient (Wildman–Crippen LogP) is -0.264. The van der Waals surface area contributed by atoms with Crippen molar-refractivity contribution in [2.24, 2.45) is 0 Å². The third-order valence-electron chi connectivity index (χ3n) is 4.05. The summed E-state index contributed by atoms with van der Waals surface area (Å²) in [4.78, 5) is 11.8. The topological polar surface area (TPSA) is 26.3 Å². The van der Waals surface area contributed by atoms with Gasteiger partial charge in [-0.25, -0.2) is 4.79 Å². The number of esters is 1. The zero-order chi connectivity index (χ0) is 12.5. The van der Waals surface area contributed by atoms with Crippen molar-refractivity contribution in [3.63, 3.8) is 0 Å². The fourth-order valence-corrected chi connectivity index (χ4v) is 2.70. The van der Waals surface area contributed by atoms with Gasteiger partial charge in [-0.05, 0) is 32.9 Å². The third-order valence-corrected chi connectivity index (χ3v) is 4.05. The van der Waals surface area contributed by atoms with Gasteiger partial charge >= 0.3 is 5.97 Å². The van der Waals surface area contributed by atoms with E-state index in [1.807, 2.05) is 24.3 Å². The molecule has 1 atom stereocenters. The lowest BCUT2D eigenvalue weighted by Crippen LogP contribution is -3.00. The molecule has 0 spiro atoms. The number of hydrogen-bond donors (Lipinski definition) is 0. The Bertz CT molecular complexity index is 421. The van der Waals surface area contributed by atoms with Crippen LogP contribution in [0.4, 0.5) is 0 Å². The first-order valence-corrected chi connectivity index (χ1v) is 6.34. The number of halogens is 1. The first-order chi connectivity index (χ1) is 8.18. The number of nitrogens with zero attached hydrogens (tertiary/aromatic N) is 1. The van der Waals surface area contributed by atoms with Gasteiger partial charge in [-0.15, -0.1) is 0 Å². The lowest BCUT2D eigenvalue weighted by Gasteiger charge is -2.39. The standard InChI is InChI=1S/C14H20NO2.BrH/c1-4-15(5-2,6-3)13-11-9-7-8-10-12(11)14(16)17-13;/h7-10,13H,4-6H2,1-3H3;1H/q+1;/p-1. The van der Waals surface area contributed by atoms with Crippen LogP contribution in [0.25, 0.3) is 0 Å². The van der Waals surface area contributed by atoms with Crippen LogP contribution in [0, 0.1) is 0 Å². The van der Waals surface area contributed by atoms with Crippen molar-refractivity contribution in [2.45, 2.75) is 27.0 Å². The van der Waals surface area contributed by atoms with Crippen LogP contribution < -0.4 is 17.0 Å². The molecule has 0 radical (unpaired) electrons. The zero-order valence-corrected chi connectivity index (χ0v) is 12.7. The number of benzene rings is 1. The highest BCUT2D eigenvalue weighted by atomic mass is 79.9. The molecule has 1 aromatic carbocycles. The van der Waals surface area contributed by atoms with Crippen LogP contribution in [0.5, 0.6) is 0 Å². The molecule has 0 saturated carbocycles. The Morgan fingerprint density at radius 3 is 2.22 bits per heavy atom. The Kier molecular flexibility index (Phi) is 4.93. The van der Waals surface area contributed by atoms with Crippen molar-refractivity contribution < 1.29 is 31.0 Å².